The van der Waals surface area contributed by atoms with Gasteiger partial charge >= 0.3 is 0 Å². The number of fused-ring (bicyclic) bond motifs is 2. The Morgan fingerprint density at radius 1 is 1.05 bits per heavy atom. The molecule has 19 heavy (non-hydrogen) atoms. The van der Waals surface area contributed by atoms with E-state index in [1.807, 2.05) is 30.3 Å². The maximum absolute atomic E-state index is 6.03. The van der Waals surface area contributed by atoms with Gasteiger partial charge in [-0.05, 0) is 30.3 Å². The molecule has 3 nitrogen and oxygen atoms in total. The minimum atomic E-state index is 0.706. The highest BCUT2D eigenvalue weighted by Gasteiger charge is 2.22. The number of rotatable bonds is 2. The van der Waals surface area contributed by atoms with E-state index in [9.17, 15) is 0 Å². The molecular weight excluding hydrogens is 282 g/mol. The van der Waals surface area contributed by atoms with E-state index in [2.05, 4.69) is 5.32 Å². The summed E-state index contributed by atoms with van der Waals surface area (Å²) < 4.78 is 10.8. The average molecular weight is 294 g/mol. The summed E-state index contributed by atoms with van der Waals surface area (Å²) in [4.78, 5) is 2.25. The molecule has 5 heteroatoms. The average Bonchev–Trinajstić information content (AvgIpc) is 2.43. The van der Waals surface area contributed by atoms with Crippen LogP contribution in [0.5, 0.6) is 11.5 Å². The third kappa shape index (κ3) is 2.11. The van der Waals surface area contributed by atoms with Crippen LogP contribution in [0.3, 0.4) is 0 Å². The molecule has 3 rings (SSSR count). The standard InChI is InChI=1S/C14H12ClNO2S/c1-17-10-4-6-12-13(14(10)18-2)16-9-7-8(15)3-5-11(9)19-12/h3-7,16H,1-2H3. The molecule has 2 aromatic rings. The minimum absolute atomic E-state index is 0.706. The Labute approximate surface area is 120 Å². The summed E-state index contributed by atoms with van der Waals surface area (Å²) in [6.07, 6.45) is 0. The predicted octanol–water partition coefficient (Wildman–Crippen LogP) is 4.57. The first-order valence-corrected chi connectivity index (χ1v) is 6.92. The van der Waals surface area contributed by atoms with E-state index in [1.54, 1.807) is 26.0 Å². The smallest absolute Gasteiger partial charge is 0.185 e. The van der Waals surface area contributed by atoms with Crippen LogP contribution >= 0.6 is 23.4 Å². The van der Waals surface area contributed by atoms with Gasteiger partial charge in [-0.3, -0.25) is 0 Å². The lowest BCUT2D eigenvalue weighted by Crippen LogP contribution is -2.03. The molecule has 1 aliphatic heterocycles. The molecule has 0 aromatic heterocycles. The SMILES string of the molecule is COc1ccc2c(c1OC)Nc1cc(Cl)ccc1S2. The third-order valence-electron chi connectivity index (χ3n) is 2.93. The fourth-order valence-electron chi connectivity index (χ4n) is 2.05. The fourth-order valence-corrected chi connectivity index (χ4v) is 3.20. The molecule has 2 aromatic carbocycles. The first kappa shape index (κ1) is 12.5. The summed E-state index contributed by atoms with van der Waals surface area (Å²) in [6.45, 7) is 0. The van der Waals surface area contributed by atoms with Gasteiger partial charge in [0, 0.05) is 14.8 Å². The monoisotopic (exact) mass is 293 g/mol. The molecule has 1 aliphatic rings. The van der Waals surface area contributed by atoms with Gasteiger partial charge in [-0.25, -0.2) is 0 Å². The van der Waals surface area contributed by atoms with Crippen molar-refractivity contribution in [3.8, 4) is 11.5 Å². The number of hydrogen-bond acceptors (Lipinski definition) is 4. The largest absolute Gasteiger partial charge is 0.493 e. The molecule has 1 N–H and O–H groups in total. The Morgan fingerprint density at radius 3 is 2.58 bits per heavy atom. The molecule has 0 unspecified atom stereocenters. The Kier molecular flexibility index (Phi) is 3.21. The molecule has 0 bridgehead atoms. The Hall–Kier alpha value is -1.52. The zero-order chi connectivity index (χ0) is 13.4. The van der Waals surface area contributed by atoms with E-state index in [1.165, 1.54) is 0 Å². The molecule has 98 valence electrons. The van der Waals surface area contributed by atoms with Crippen molar-refractivity contribution >= 4 is 34.7 Å². The second-order valence-corrected chi connectivity index (χ2v) is 5.56. The highest BCUT2D eigenvalue weighted by atomic mass is 35.5. The summed E-state index contributed by atoms with van der Waals surface area (Å²) in [7, 11) is 3.27. The van der Waals surface area contributed by atoms with E-state index >= 15 is 0 Å². The van der Waals surface area contributed by atoms with Crippen molar-refractivity contribution in [2.75, 3.05) is 19.5 Å². The van der Waals surface area contributed by atoms with Crippen LogP contribution in [0.1, 0.15) is 0 Å². The van der Waals surface area contributed by atoms with Gasteiger partial charge in [0.05, 0.1) is 25.6 Å². The van der Waals surface area contributed by atoms with Crippen LogP contribution < -0.4 is 14.8 Å². The van der Waals surface area contributed by atoms with Crippen LogP contribution in [-0.2, 0) is 0 Å². The van der Waals surface area contributed by atoms with E-state index in [4.69, 9.17) is 21.1 Å². The molecule has 0 atom stereocenters. The highest BCUT2D eigenvalue weighted by molar-refractivity contribution is 7.99. The van der Waals surface area contributed by atoms with Gasteiger partial charge in [0.2, 0.25) is 0 Å². The Balaban J connectivity index is 2.12. The third-order valence-corrected chi connectivity index (χ3v) is 4.30. The topological polar surface area (TPSA) is 30.5 Å². The van der Waals surface area contributed by atoms with Crippen LogP contribution in [0.4, 0.5) is 11.4 Å². The first-order valence-electron chi connectivity index (χ1n) is 5.72. The summed E-state index contributed by atoms with van der Waals surface area (Å²) in [6, 6.07) is 9.74. The number of anilines is 2. The molecule has 0 saturated carbocycles. The Morgan fingerprint density at radius 2 is 1.84 bits per heavy atom. The summed E-state index contributed by atoms with van der Waals surface area (Å²) >= 11 is 7.71. The minimum Gasteiger partial charge on any atom is -0.493 e. The maximum Gasteiger partial charge on any atom is 0.185 e. The molecule has 0 amide bonds. The molecule has 0 radical (unpaired) electrons. The van der Waals surface area contributed by atoms with E-state index < -0.39 is 0 Å². The highest BCUT2D eigenvalue weighted by Crippen LogP contribution is 2.51. The predicted molar refractivity (Wildman–Crippen MR) is 78.4 cm³/mol. The number of benzene rings is 2. The van der Waals surface area contributed by atoms with E-state index in [0.29, 0.717) is 16.5 Å². The van der Waals surface area contributed by atoms with Gasteiger partial charge in [-0.15, -0.1) is 0 Å². The van der Waals surface area contributed by atoms with Gasteiger partial charge in [0.15, 0.2) is 11.5 Å². The van der Waals surface area contributed by atoms with Gasteiger partial charge in [-0.2, -0.15) is 0 Å². The molecular formula is C14H12ClNO2S. The molecule has 0 spiro atoms. The van der Waals surface area contributed by atoms with Gasteiger partial charge in [0.1, 0.15) is 0 Å². The van der Waals surface area contributed by atoms with E-state index in [-0.39, 0.29) is 0 Å². The zero-order valence-corrected chi connectivity index (χ0v) is 12.1. The lowest BCUT2D eigenvalue weighted by Gasteiger charge is -2.23. The van der Waals surface area contributed by atoms with Crippen molar-refractivity contribution in [3.05, 3.63) is 35.4 Å². The quantitative estimate of drug-likeness (QED) is 0.750. The summed E-state index contributed by atoms with van der Waals surface area (Å²) in [5.41, 5.74) is 1.90. The lowest BCUT2D eigenvalue weighted by molar-refractivity contribution is 0.355. The van der Waals surface area contributed by atoms with Crippen molar-refractivity contribution in [2.45, 2.75) is 9.79 Å². The van der Waals surface area contributed by atoms with Crippen LogP contribution in [0.25, 0.3) is 0 Å². The van der Waals surface area contributed by atoms with Crippen LogP contribution in [-0.4, -0.2) is 14.2 Å². The normalized spacial score (nSPS) is 12.2. The summed E-state index contributed by atoms with van der Waals surface area (Å²) in [5.74, 6) is 1.41. The van der Waals surface area contributed by atoms with Crippen molar-refractivity contribution in [1.29, 1.82) is 0 Å². The molecule has 1 heterocycles. The van der Waals surface area contributed by atoms with Crippen LogP contribution in [0.15, 0.2) is 40.1 Å². The number of ether oxygens (including phenoxy) is 2. The van der Waals surface area contributed by atoms with Crippen molar-refractivity contribution < 1.29 is 9.47 Å². The second kappa shape index (κ2) is 4.87. The molecule has 0 saturated heterocycles. The van der Waals surface area contributed by atoms with Gasteiger partial charge in [-0.1, -0.05) is 23.4 Å². The van der Waals surface area contributed by atoms with Crippen LogP contribution in [0.2, 0.25) is 5.02 Å². The van der Waals surface area contributed by atoms with Gasteiger partial charge < -0.3 is 14.8 Å². The molecule has 0 aliphatic carbocycles. The lowest BCUT2D eigenvalue weighted by atomic mass is 10.2. The molecule has 0 fully saturated rings. The first-order chi connectivity index (χ1) is 9.22. The van der Waals surface area contributed by atoms with Crippen molar-refractivity contribution in [2.24, 2.45) is 0 Å². The summed E-state index contributed by atoms with van der Waals surface area (Å²) in [5, 5.41) is 4.07. The van der Waals surface area contributed by atoms with Crippen molar-refractivity contribution in [3.63, 3.8) is 0 Å². The number of methoxy groups -OCH3 is 2. The van der Waals surface area contributed by atoms with Crippen molar-refractivity contribution in [1.82, 2.24) is 0 Å². The van der Waals surface area contributed by atoms with Crippen LogP contribution in [0, 0.1) is 0 Å². The number of halogens is 1. The maximum atomic E-state index is 6.03. The zero-order valence-electron chi connectivity index (χ0n) is 10.5. The number of nitrogens with one attached hydrogen (secondary N) is 1. The van der Waals surface area contributed by atoms with E-state index in [0.717, 1.165) is 21.2 Å². The fraction of sp³-hybridized carbons (Fsp3) is 0.143. The Bertz CT molecular complexity index is 646. The number of hydrogen-bond donors (Lipinski definition) is 1. The second-order valence-electron chi connectivity index (χ2n) is 4.04. The van der Waals surface area contributed by atoms with Gasteiger partial charge in [0.25, 0.3) is 0 Å².